The third-order valence-electron chi connectivity index (χ3n) is 19.7. The normalized spacial score (nSPS) is 10.9. The zero-order chi connectivity index (χ0) is 96.5. The Balaban J connectivity index is 0.000000290. The maximum atomic E-state index is 10.6. The summed E-state index contributed by atoms with van der Waals surface area (Å²) in [5.41, 5.74) is 62.6. The van der Waals surface area contributed by atoms with Crippen molar-refractivity contribution in [1.29, 1.82) is 0 Å². The number of aromatic hydroxyl groups is 1. The second-order valence-electron chi connectivity index (χ2n) is 29.8. The molecule has 41 heteroatoms. The first-order chi connectivity index (χ1) is 66.0. The molecule has 1 fully saturated rings. The minimum absolute atomic E-state index is 0. The van der Waals surface area contributed by atoms with Gasteiger partial charge in [-0.3, -0.25) is 25.1 Å². The molecule has 0 spiro atoms. The Morgan fingerprint density at radius 2 is 0.818 bits per heavy atom. The summed E-state index contributed by atoms with van der Waals surface area (Å²) in [5, 5.41) is 44.5. The number of nitrogens with two attached hydrogens (primary N) is 2. The number of aromatic amines is 2. The Labute approximate surface area is 862 Å². The summed E-state index contributed by atoms with van der Waals surface area (Å²) in [6.07, 6.45) is 19.9. The molecule has 2 aliphatic rings. The van der Waals surface area contributed by atoms with Gasteiger partial charge in [0.2, 0.25) is 6.33 Å². The van der Waals surface area contributed by atoms with Crippen molar-refractivity contribution < 1.29 is 94.5 Å². The van der Waals surface area contributed by atoms with Gasteiger partial charge in [-0.25, -0.2) is 19.1 Å². The van der Waals surface area contributed by atoms with Crippen LogP contribution in [-0.2, 0) is 30.9 Å². The number of rotatable bonds is 41. The van der Waals surface area contributed by atoms with Gasteiger partial charge in [0, 0.05) is 106 Å². The van der Waals surface area contributed by atoms with Gasteiger partial charge in [-0.15, -0.1) is 0 Å². The number of nitrogens with one attached hydrogen (secondary N) is 2. The van der Waals surface area contributed by atoms with Crippen molar-refractivity contribution >= 4 is 131 Å². The number of benzene rings is 10. The minimum atomic E-state index is -0.644. The van der Waals surface area contributed by atoms with E-state index in [1.807, 2.05) is 54.6 Å². The second kappa shape index (κ2) is 70.6. The number of fused-ring (bicyclic) bond motifs is 4. The number of phenolic OH excluding ortho intramolecular Hbond substituents is 1. The molecule has 0 unspecified atom stereocenters. The van der Waals surface area contributed by atoms with Crippen molar-refractivity contribution in [1.82, 2.24) is 24.5 Å². The predicted octanol–water partition coefficient (Wildman–Crippen LogP) is 19.6. The van der Waals surface area contributed by atoms with Crippen LogP contribution in [0.1, 0.15) is 112 Å². The average molecular weight is 2200 g/mol. The van der Waals surface area contributed by atoms with Crippen molar-refractivity contribution in [3.63, 3.8) is 0 Å². The van der Waals surface area contributed by atoms with Gasteiger partial charge in [0.25, 0.3) is 11.4 Å². The number of azide groups is 3. The monoisotopic (exact) mass is 2200 g/mol. The van der Waals surface area contributed by atoms with Crippen LogP contribution in [0.3, 0.4) is 0 Å². The van der Waals surface area contributed by atoms with Crippen molar-refractivity contribution in [3.05, 3.63) is 339 Å². The molecule has 720 valence electrons. The first-order valence-electron chi connectivity index (χ1n) is 44.0. The molecular formula is C96H114Br5N24NaO11. The first-order valence-corrected chi connectivity index (χ1v) is 48.5. The summed E-state index contributed by atoms with van der Waals surface area (Å²) in [6, 6.07) is 74.5. The van der Waals surface area contributed by atoms with Crippen LogP contribution in [0.4, 0.5) is 34.1 Å². The summed E-state index contributed by atoms with van der Waals surface area (Å²) in [5.74, 6) is 3.78. The van der Waals surface area contributed by atoms with Crippen LogP contribution in [0.5, 0.6) is 34.5 Å². The Bertz CT molecular complexity index is 5770. The molecule has 10 aromatic carbocycles. The van der Waals surface area contributed by atoms with Crippen LogP contribution in [-0.4, -0.2) is 133 Å². The molecule has 2 aliphatic heterocycles. The standard InChI is InChI=1S/C25H27N5O.C25H26N5O.C11H13BrN2O.C11H13N5O.C10H13BrN2O3.C6H6N2O3.C4H8Br2.C4H8O.BrH.N3.Na/c2*26-28-27-15-7-8-16-31-23-13-14-24-25(17-23)30(19-22-11-5-2-6-12-22)20-29(24)18-21-9-3-1-4-10-21;12-5-1-2-6-15-9-3-4-10-11(7-9)14-8-13-10;12-16-15-5-1-2-6-17-9-3-4-10-11(7-9)14-8-13-10;11-5-1-2-6-16-8-3-4-9(12)10(7-8)13(14)15;7-5-2-1-4(9)3-6(5)8(10)11;5-3-1-2-4-6;1-2-4-5-3-1;;1-3-2;/h1-6,9-14,17H,7-8,15-16,18-20H2;1-6,9-14,17,20H,7-8,15-16,18-19H2;3-4,7-8H,1-2,5-6H2,(H,13,14);3-4,7-8H,1-2,5-6H2,(H,13,14);3-4,7H,1-2,5-6,12H2;1-3,9H,7H2;1-4H2;1-4H2;1H;;/q;+1;;;;;;;;-1;+1/p-1. The number of phenols is 1. The largest absolute Gasteiger partial charge is 1.00 e. The quantitative estimate of drug-likeness (QED) is 0.00203. The number of nitrogens with zero attached hydrogens (tertiary/aromatic N) is 20. The topological polar surface area (TPSA) is 492 Å². The number of hydrogen-bond donors (Lipinski definition) is 5. The molecule has 7 N–H and O–H groups in total. The second-order valence-corrected chi connectivity index (χ2v) is 33.0. The fraction of sp³-hybridized carbons (Fsp3) is 0.344. The van der Waals surface area contributed by atoms with Gasteiger partial charge in [0.05, 0.1) is 108 Å². The number of halogens is 5. The van der Waals surface area contributed by atoms with E-state index in [1.54, 1.807) is 18.7 Å². The van der Waals surface area contributed by atoms with E-state index in [0.717, 1.165) is 195 Å². The van der Waals surface area contributed by atoms with E-state index in [0.29, 0.717) is 51.8 Å². The number of alkyl halides is 4. The molecule has 3 aromatic heterocycles. The smallest absolute Gasteiger partial charge is 1.00 e. The van der Waals surface area contributed by atoms with Gasteiger partial charge in [-0.1, -0.05) is 200 Å². The number of anilines is 4. The number of nitro benzene ring substituents is 2. The van der Waals surface area contributed by atoms with Crippen LogP contribution >= 0.6 is 63.7 Å². The van der Waals surface area contributed by atoms with E-state index in [9.17, 15) is 20.2 Å². The number of nitro groups is 2. The van der Waals surface area contributed by atoms with E-state index in [4.69, 9.17) is 72.7 Å². The average Bonchev–Trinajstić information content (AvgIpc) is 1.64. The molecule has 5 heterocycles. The van der Waals surface area contributed by atoms with Crippen molar-refractivity contribution in [2.45, 2.75) is 116 Å². The molecule has 0 atom stereocenters. The molecule has 35 nitrogen and oxygen atoms in total. The zero-order valence-electron chi connectivity index (χ0n) is 76.5. The first kappa shape index (κ1) is 116. The van der Waals surface area contributed by atoms with Gasteiger partial charge in [-0.05, 0) is 202 Å². The summed E-state index contributed by atoms with van der Waals surface area (Å²) >= 11 is 13.4. The van der Waals surface area contributed by atoms with Crippen LogP contribution in [0.15, 0.2) is 265 Å². The molecule has 0 bridgehead atoms. The fourth-order valence-electron chi connectivity index (χ4n) is 13.0. The molecular weight excluding hydrogens is 2090 g/mol. The number of imidazole rings is 3. The van der Waals surface area contributed by atoms with E-state index in [1.165, 1.54) is 94.0 Å². The number of nitrogen functional groups attached to an aromatic ring is 2. The van der Waals surface area contributed by atoms with Gasteiger partial charge in [0.15, 0.2) is 11.0 Å². The van der Waals surface area contributed by atoms with E-state index in [2.05, 4.69) is 279 Å². The molecule has 1 saturated heterocycles. The molecule has 0 saturated carbocycles. The van der Waals surface area contributed by atoms with Gasteiger partial charge < -0.3 is 92.8 Å². The summed E-state index contributed by atoms with van der Waals surface area (Å²) in [4.78, 5) is 48.6. The number of hydrogen-bond acceptors (Lipinski definition) is 20. The Kier molecular flexibility index (Phi) is 59.5. The predicted molar refractivity (Wildman–Crippen MR) is 549 cm³/mol. The van der Waals surface area contributed by atoms with E-state index >= 15 is 0 Å². The van der Waals surface area contributed by atoms with Crippen LogP contribution in [0, 0.1) is 20.2 Å². The van der Waals surface area contributed by atoms with Gasteiger partial charge in [0.1, 0.15) is 59.0 Å². The Hall–Kier alpha value is -12.0. The number of unbranched alkanes of at least 4 members (excludes halogenated alkanes) is 6. The van der Waals surface area contributed by atoms with E-state index in [-0.39, 0.29) is 75.0 Å². The molecule has 15 rings (SSSR count). The third kappa shape index (κ3) is 45.2. The van der Waals surface area contributed by atoms with Gasteiger partial charge in [-0.2, -0.15) is 0 Å². The maximum Gasteiger partial charge on any atom is 1.00 e. The Morgan fingerprint density at radius 1 is 0.453 bits per heavy atom. The Morgan fingerprint density at radius 3 is 1.23 bits per heavy atom. The summed E-state index contributed by atoms with van der Waals surface area (Å²) < 4.78 is 38.0. The van der Waals surface area contributed by atoms with Crippen molar-refractivity contribution in [3.8, 4) is 34.5 Å². The van der Waals surface area contributed by atoms with Crippen LogP contribution in [0.25, 0.3) is 80.4 Å². The summed E-state index contributed by atoms with van der Waals surface area (Å²) in [7, 11) is 0. The molecule has 13 aromatic rings. The minimum Gasteiger partial charge on any atom is -1.00 e. The number of H-pyrrole nitrogens is 2. The maximum absolute atomic E-state index is 10.6. The van der Waals surface area contributed by atoms with Crippen molar-refractivity contribution in [2.24, 2.45) is 15.3 Å². The molecule has 0 radical (unpaired) electrons. The molecule has 0 amide bonds. The zero-order valence-corrected chi connectivity index (χ0v) is 86.5. The fourth-order valence-corrected chi connectivity index (χ4v) is 14.6. The third-order valence-corrected chi connectivity index (χ3v) is 22.0. The number of aromatic nitrogens is 6. The summed E-state index contributed by atoms with van der Waals surface area (Å²) in [6.45, 7) is 10.9. The van der Waals surface area contributed by atoms with Crippen LogP contribution < -0.4 is 96.1 Å². The van der Waals surface area contributed by atoms with E-state index < -0.39 is 9.85 Å². The SMILES string of the molecule is BrCCCCBr.BrCCCCOc1ccc2nc[nH]c2c1.C1CCOC1.Nc1ccc(O)cc1[N+](=O)[O-].Nc1ccc(OCCCCBr)cc1[N+](=O)[O-].[Br-].[N-]=[N+]=NCCCCOc1ccc2c(c1)N(Cc1ccccc1)CN2Cc1ccccc1.[N-]=[N+]=NCCCCOc1ccc2c(c1)n(Cc1ccccc1)c[n+]2Cc1ccccc1.[N-]=[N+]=NCCCCOc1ccc2nc[nH]c2c1.[N-]=[N+]=[N-].[Na+]. The molecule has 0 aliphatic carbocycles. The van der Waals surface area contributed by atoms with Crippen molar-refractivity contribution in [2.75, 3.05) is 115 Å². The number of ether oxygens (including phenoxy) is 6. The van der Waals surface area contributed by atoms with Crippen LogP contribution in [0.2, 0.25) is 0 Å². The van der Waals surface area contributed by atoms with Gasteiger partial charge >= 0.3 is 29.6 Å². The molecule has 137 heavy (non-hydrogen) atoms.